The Hall–Kier alpha value is -1.39. The fourth-order valence-corrected chi connectivity index (χ4v) is 2.45. The molecule has 0 fully saturated rings. The molecule has 2 N–H and O–H groups in total. The van der Waals surface area contributed by atoms with Crippen molar-refractivity contribution in [1.29, 1.82) is 0 Å². The van der Waals surface area contributed by atoms with E-state index >= 15 is 0 Å². The highest BCUT2D eigenvalue weighted by atomic mass is 16.3. The quantitative estimate of drug-likeness (QED) is 0.890. The van der Waals surface area contributed by atoms with Crippen LogP contribution in [-0.2, 0) is 13.0 Å². The van der Waals surface area contributed by atoms with Gasteiger partial charge in [-0.25, -0.2) is 0 Å². The van der Waals surface area contributed by atoms with Gasteiger partial charge in [0, 0.05) is 30.4 Å². The number of fused-ring (bicyclic) bond motifs is 1. The van der Waals surface area contributed by atoms with E-state index in [9.17, 15) is 5.11 Å². The SMILES string of the molecule is CCn1nc(CC(C)(O)CNC(C)(C)C)c2ccccc21. The molecule has 0 saturated carbocycles. The summed E-state index contributed by atoms with van der Waals surface area (Å²) < 4.78 is 2.00. The minimum absolute atomic E-state index is 0.00512. The van der Waals surface area contributed by atoms with Gasteiger partial charge in [-0.1, -0.05) is 18.2 Å². The molecule has 1 heterocycles. The molecule has 0 aliphatic carbocycles. The summed E-state index contributed by atoms with van der Waals surface area (Å²) in [5.74, 6) is 0. The van der Waals surface area contributed by atoms with Gasteiger partial charge < -0.3 is 10.4 Å². The molecule has 0 spiro atoms. The van der Waals surface area contributed by atoms with Crippen LogP contribution in [0.5, 0.6) is 0 Å². The highest BCUT2D eigenvalue weighted by Crippen LogP contribution is 2.22. The molecule has 0 radical (unpaired) electrons. The van der Waals surface area contributed by atoms with E-state index in [2.05, 4.69) is 50.2 Å². The van der Waals surface area contributed by atoms with Crippen molar-refractivity contribution in [3.63, 3.8) is 0 Å². The maximum atomic E-state index is 10.7. The van der Waals surface area contributed by atoms with Crippen molar-refractivity contribution in [3.05, 3.63) is 30.0 Å². The van der Waals surface area contributed by atoms with Crippen LogP contribution in [0.3, 0.4) is 0 Å². The number of para-hydroxylation sites is 1. The molecule has 116 valence electrons. The zero-order valence-electron chi connectivity index (χ0n) is 13.8. The van der Waals surface area contributed by atoms with E-state index in [1.807, 2.05) is 23.7 Å². The lowest BCUT2D eigenvalue weighted by molar-refractivity contribution is 0.0527. The lowest BCUT2D eigenvalue weighted by Crippen LogP contribution is -2.47. The highest BCUT2D eigenvalue weighted by molar-refractivity contribution is 5.82. The van der Waals surface area contributed by atoms with Crippen molar-refractivity contribution in [2.45, 2.75) is 58.7 Å². The van der Waals surface area contributed by atoms with Crippen LogP contribution in [0.15, 0.2) is 24.3 Å². The second-order valence-electron chi connectivity index (χ2n) is 7.06. The molecule has 1 aromatic carbocycles. The van der Waals surface area contributed by atoms with Gasteiger partial charge in [-0.05, 0) is 40.7 Å². The average molecular weight is 289 g/mol. The molecular weight excluding hydrogens is 262 g/mol. The van der Waals surface area contributed by atoms with Gasteiger partial charge in [0.1, 0.15) is 0 Å². The Morgan fingerprint density at radius 3 is 2.48 bits per heavy atom. The number of hydrogen-bond donors (Lipinski definition) is 2. The molecular formula is C17H27N3O. The zero-order valence-corrected chi connectivity index (χ0v) is 13.8. The number of nitrogens with zero attached hydrogens (tertiary/aromatic N) is 2. The smallest absolute Gasteiger partial charge is 0.0799 e. The molecule has 2 rings (SSSR count). The molecule has 1 atom stereocenters. The van der Waals surface area contributed by atoms with Crippen molar-refractivity contribution >= 4 is 10.9 Å². The molecule has 0 amide bonds. The summed E-state index contributed by atoms with van der Waals surface area (Å²) in [5.41, 5.74) is 1.28. The van der Waals surface area contributed by atoms with Gasteiger partial charge in [0.15, 0.2) is 0 Å². The first-order chi connectivity index (χ1) is 9.72. The fraction of sp³-hybridized carbons (Fsp3) is 0.588. The standard InChI is InChI=1S/C17H27N3O/c1-6-20-15-10-8-7-9-13(15)14(19-20)11-17(5,21)12-18-16(2,3)4/h7-10,18,21H,6,11-12H2,1-5H3. The highest BCUT2D eigenvalue weighted by Gasteiger charge is 2.26. The number of nitrogens with one attached hydrogen (secondary N) is 1. The predicted molar refractivity (Wildman–Crippen MR) is 87.5 cm³/mol. The number of aliphatic hydroxyl groups is 1. The molecule has 0 saturated heterocycles. The number of hydrogen-bond acceptors (Lipinski definition) is 3. The van der Waals surface area contributed by atoms with Crippen LogP contribution in [-0.4, -0.2) is 32.6 Å². The molecule has 2 aromatic rings. The van der Waals surface area contributed by atoms with Crippen molar-refractivity contribution in [1.82, 2.24) is 15.1 Å². The predicted octanol–water partition coefficient (Wildman–Crippen LogP) is 2.74. The zero-order chi connectivity index (χ0) is 15.7. The normalized spacial score (nSPS) is 15.3. The monoisotopic (exact) mass is 289 g/mol. The van der Waals surface area contributed by atoms with E-state index in [1.165, 1.54) is 0 Å². The molecule has 0 bridgehead atoms. The van der Waals surface area contributed by atoms with Gasteiger partial charge >= 0.3 is 0 Å². The van der Waals surface area contributed by atoms with E-state index in [4.69, 9.17) is 0 Å². The molecule has 4 heteroatoms. The minimum Gasteiger partial charge on any atom is -0.388 e. The summed E-state index contributed by atoms with van der Waals surface area (Å²) in [7, 11) is 0. The number of β-amino-alcohol motifs (C(OH)–C–C–N with tert-alkyl or cyclic N) is 1. The minimum atomic E-state index is -0.816. The van der Waals surface area contributed by atoms with Crippen LogP contribution in [0.2, 0.25) is 0 Å². The Balaban J connectivity index is 2.23. The van der Waals surface area contributed by atoms with Gasteiger partial charge in [0.05, 0.1) is 16.8 Å². The summed E-state index contributed by atoms with van der Waals surface area (Å²) in [4.78, 5) is 0. The Morgan fingerprint density at radius 2 is 1.86 bits per heavy atom. The lowest BCUT2D eigenvalue weighted by Gasteiger charge is -2.29. The summed E-state index contributed by atoms with van der Waals surface area (Å²) in [6, 6.07) is 8.21. The van der Waals surface area contributed by atoms with Crippen molar-refractivity contribution in [2.75, 3.05) is 6.54 Å². The number of benzene rings is 1. The third kappa shape index (κ3) is 4.05. The molecule has 4 nitrogen and oxygen atoms in total. The van der Waals surface area contributed by atoms with E-state index < -0.39 is 5.60 Å². The summed E-state index contributed by atoms with van der Waals surface area (Å²) >= 11 is 0. The third-order valence-corrected chi connectivity index (χ3v) is 3.58. The first-order valence-electron chi connectivity index (χ1n) is 7.64. The maximum Gasteiger partial charge on any atom is 0.0799 e. The van der Waals surface area contributed by atoms with Crippen LogP contribution in [0.1, 0.15) is 40.3 Å². The van der Waals surface area contributed by atoms with Gasteiger partial charge in [-0.15, -0.1) is 0 Å². The van der Waals surface area contributed by atoms with Gasteiger partial charge in [-0.3, -0.25) is 4.68 Å². The van der Waals surface area contributed by atoms with Crippen LogP contribution in [0, 0.1) is 0 Å². The molecule has 1 unspecified atom stereocenters. The number of rotatable bonds is 5. The topological polar surface area (TPSA) is 50.1 Å². The second-order valence-corrected chi connectivity index (χ2v) is 7.06. The average Bonchev–Trinajstić information content (AvgIpc) is 2.74. The van der Waals surface area contributed by atoms with Gasteiger partial charge in [0.25, 0.3) is 0 Å². The number of aryl methyl sites for hydroxylation is 1. The van der Waals surface area contributed by atoms with Gasteiger partial charge in [0.2, 0.25) is 0 Å². The molecule has 21 heavy (non-hydrogen) atoms. The summed E-state index contributed by atoms with van der Waals surface area (Å²) in [6.45, 7) is 11.6. The summed E-state index contributed by atoms with van der Waals surface area (Å²) in [6.07, 6.45) is 0.545. The molecule has 0 aliphatic heterocycles. The lowest BCUT2D eigenvalue weighted by atomic mass is 9.96. The maximum absolute atomic E-state index is 10.7. The fourth-order valence-electron chi connectivity index (χ4n) is 2.45. The van der Waals surface area contributed by atoms with E-state index in [1.54, 1.807) is 0 Å². The Bertz CT molecular complexity index is 608. The number of aromatic nitrogens is 2. The molecule has 1 aromatic heterocycles. The third-order valence-electron chi connectivity index (χ3n) is 3.58. The van der Waals surface area contributed by atoms with Crippen LogP contribution < -0.4 is 5.32 Å². The van der Waals surface area contributed by atoms with E-state index in [0.29, 0.717) is 13.0 Å². The van der Waals surface area contributed by atoms with E-state index in [-0.39, 0.29) is 5.54 Å². The first-order valence-corrected chi connectivity index (χ1v) is 7.64. The summed E-state index contributed by atoms with van der Waals surface area (Å²) in [5, 5.41) is 19.8. The van der Waals surface area contributed by atoms with Crippen LogP contribution >= 0.6 is 0 Å². The Morgan fingerprint density at radius 1 is 1.19 bits per heavy atom. The van der Waals surface area contributed by atoms with Crippen LogP contribution in [0.4, 0.5) is 0 Å². The Kier molecular flexibility index (Phi) is 4.40. The van der Waals surface area contributed by atoms with Crippen molar-refractivity contribution in [2.24, 2.45) is 0 Å². The van der Waals surface area contributed by atoms with E-state index in [0.717, 1.165) is 23.1 Å². The second kappa shape index (κ2) is 5.78. The van der Waals surface area contributed by atoms with Crippen LogP contribution in [0.25, 0.3) is 10.9 Å². The Labute approximate surface area is 127 Å². The van der Waals surface area contributed by atoms with Crippen molar-refractivity contribution < 1.29 is 5.11 Å². The first kappa shape index (κ1) is 16.0. The largest absolute Gasteiger partial charge is 0.388 e. The van der Waals surface area contributed by atoms with Gasteiger partial charge in [-0.2, -0.15) is 5.10 Å². The van der Waals surface area contributed by atoms with Crippen molar-refractivity contribution in [3.8, 4) is 0 Å². The molecule has 0 aliphatic rings.